The molecule has 1 amide bonds. The lowest BCUT2D eigenvalue weighted by atomic mass is 10.3. The predicted octanol–water partition coefficient (Wildman–Crippen LogP) is 2.17. The third-order valence-electron chi connectivity index (χ3n) is 4.61. The summed E-state index contributed by atoms with van der Waals surface area (Å²) in [5.74, 6) is 0.163. The average Bonchev–Trinajstić information content (AvgIpc) is 3.49. The Balaban J connectivity index is 1.43. The van der Waals surface area contributed by atoms with E-state index >= 15 is 0 Å². The summed E-state index contributed by atoms with van der Waals surface area (Å²) in [6.45, 7) is 1.93. The van der Waals surface area contributed by atoms with Crippen molar-refractivity contribution in [1.82, 2.24) is 24.9 Å². The van der Waals surface area contributed by atoms with Crippen molar-refractivity contribution in [2.75, 3.05) is 6.54 Å². The van der Waals surface area contributed by atoms with Gasteiger partial charge in [0.15, 0.2) is 5.76 Å². The number of carbonyl (C=O) groups is 1. The highest BCUT2D eigenvalue weighted by Gasteiger charge is 2.18. The van der Waals surface area contributed by atoms with Gasteiger partial charge in [-0.05, 0) is 42.6 Å². The van der Waals surface area contributed by atoms with Crippen molar-refractivity contribution in [3.05, 3.63) is 80.9 Å². The van der Waals surface area contributed by atoms with Crippen molar-refractivity contribution in [3.8, 4) is 22.0 Å². The Labute approximate surface area is 180 Å². The third-order valence-corrected chi connectivity index (χ3v) is 5.50. The van der Waals surface area contributed by atoms with Gasteiger partial charge in [0, 0.05) is 18.7 Å². The molecule has 9 nitrogen and oxygen atoms in total. The normalized spacial score (nSPS) is 11.9. The second kappa shape index (κ2) is 8.92. The van der Waals surface area contributed by atoms with E-state index in [9.17, 15) is 14.4 Å². The van der Waals surface area contributed by atoms with Crippen LogP contribution in [0.25, 0.3) is 22.0 Å². The molecule has 10 heteroatoms. The maximum Gasteiger partial charge on any atom is 0.267 e. The number of nitrogens with zero attached hydrogens (tertiary/aromatic N) is 4. The smallest absolute Gasteiger partial charge is 0.267 e. The molecular weight excluding hydrogens is 418 g/mol. The molecule has 0 saturated heterocycles. The average molecular weight is 437 g/mol. The van der Waals surface area contributed by atoms with Gasteiger partial charge in [-0.2, -0.15) is 10.2 Å². The van der Waals surface area contributed by atoms with Gasteiger partial charge in [-0.25, -0.2) is 9.36 Å². The minimum absolute atomic E-state index is 0.164. The second-order valence-electron chi connectivity index (χ2n) is 6.70. The standard InChI is InChI=1S/C21H19N5O4S/c1-14(26-20(28)9-7-16(24-26)18-5-3-13-31-18)21(29)22-10-11-25-19(27)8-6-15(23-25)17-4-2-12-30-17/h2-9,12-14H,10-11H2,1H3,(H,22,29). The van der Waals surface area contributed by atoms with Gasteiger partial charge in [0.1, 0.15) is 17.4 Å². The van der Waals surface area contributed by atoms with E-state index in [0.717, 1.165) is 9.56 Å². The van der Waals surface area contributed by atoms with Crippen LogP contribution in [0.15, 0.2) is 74.2 Å². The molecule has 0 saturated carbocycles. The number of nitrogens with one attached hydrogen (secondary N) is 1. The van der Waals surface area contributed by atoms with Gasteiger partial charge < -0.3 is 9.73 Å². The van der Waals surface area contributed by atoms with Crippen molar-refractivity contribution in [3.63, 3.8) is 0 Å². The Morgan fingerprint density at radius 2 is 1.87 bits per heavy atom. The van der Waals surface area contributed by atoms with Crippen LogP contribution in [0.4, 0.5) is 0 Å². The highest BCUT2D eigenvalue weighted by molar-refractivity contribution is 7.13. The molecule has 1 unspecified atom stereocenters. The van der Waals surface area contributed by atoms with E-state index in [4.69, 9.17) is 4.42 Å². The zero-order chi connectivity index (χ0) is 21.8. The van der Waals surface area contributed by atoms with Crippen LogP contribution in [0.1, 0.15) is 13.0 Å². The molecule has 0 aliphatic carbocycles. The summed E-state index contributed by atoms with van der Waals surface area (Å²) in [7, 11) is 0. The fourth-order valence-corrected chi connectivity index (χ4v) is 3.66. The zero-order valence-corrected chi connectivity index (χ0v) is 17.4. The van der Waals surface area contributed by atoms with Crippen LogP contribution in [0, 0.1) is 0 Å². The highest BCUT2D eigenvalue weighted by atomic mass is 32.1. The lowest BCUT2D eigenvalue weighted by Crippen LogP contribution is -2.39. The molecule has 0 aromatic carbocycles. The van der Waals surface area contributed by atoms with E-state index in [1.54, 1.807) is 31.2 Å². The van der Waals surface area contributed by atoms with E-state index in [1.165, 1.54) is 34.4 Å². The Kier molecular flexibility index (Phi) is 5.89. The number of aromatic nitrogens is 4. The van der Waals surface area contributed by atoms with Crippen molar-refractivity contribution in [2.24, 2.45) is 0 Å². The molecule has 4 heterocycles. The Morgan fingerprint density at radius 3 is 2.61 bits per heavy atom. The fourth-order valence-electron chi connectivity index (χ4n) is 2.97. The second-order valence-corrected chi connectivity index (χ2v) is 7.65. The van der Waals surface area contributed by atoms with Crippen LogP contribution in [0.3, 0.4) is 0 Å². The Bertz CT molecular complexity index is 1290. The number of amides is 1. The summed E-state index contributed by atoms with van der Waals surface area (Å²) in [6, 6.07) is 12.5. The molecule has 4 aromatic rings. The number of carbonyl (C=O) groups excluding carboxylic acids is 1. The number of thiophene rings is 1. The molecule has 4 aromatic heterocycles. The first-order valence-corrected chi connectivity index (χ1v) is 10.4. The van der Waals surface area contributed by atoms with Crippen LogP contribution < -0.4 is 16.4 Å². The maximum absolute atomic E-state index is 12.6. The molecule has 4 rings (SSSR count). The molecule has 1 N–H and O–H groups in total. The number of hydrogen-bond donors (Lipinski definition) is 1. The molecule has 0 aliphatic rings. The lowest BCUT2D eigenvalue weighted by Gasteiger charge is -2.15. The highest BCUT2D eigenvalue weighted by Crippen LogP contribution is 2.21. The largest absolute Gasteiger partial charge is 0.463 e. The zero-order valence-electron chi connectivity index (χ0n) is 16.6. The minimum Gasteiger partial charge on any atom is -0.463 e. The molecule has 0 radical (unpaired) electrons. The van der Waals surface area contributed by atoms with Crippen LogP contribution in [0.5, 0.6) is 0 Å². The van der Waals surface area contributed by atoms with Gasteiger partial charge in [-0.3, -0.25) is 14.4 Å². The van der Waals surface area contributed by atoms with Gasteiger partial charge >= 0.3 is 0 Å². The monoisotopic (exact) mass is 437 g/mol. The van der Waals surface area contributed by atoms with Crippen LogP contribution in [-0.2, 0) is 11.3 Å². The van der Waals surface area contributed by atoms with Gasteiger partial charge in [0.25, 0.3) is 11.1 Å². The Hall–Kier alpha value is -3.79. The number of rotatable bonds is 7. The molecule has 1 atom stereocenters. The molecule has 158 valence electrons. The van der Waals surface area contributed by atoms with Gasteiger partial charge in [0.2, 0.25) is 5.91 Å². The topological polar surface area (TPSA) is 112 Å². The first-order valence-electron chi connectivity index (χ1n) is 9.56. The van der Waals surface area contributed by atoms with Crippen molar-refractivity contribution in [1.29, 1.82) is 0 Å². The first kappa shape index (κ1) is 20.5. The van der Waals surface area contributed by atoms with Crippen LogP contribution >= 0.6 is 11.3 Å². The summed E-state index contributed by atoms with van der Waals surface area (Å²) in [6.07, 6.45) is 1.53. The van der Waals surface area contributed by atoms with Crippen LogP contribution in [-0.4, -0.2) is 32.0 Å². The Morgan fingerprint density at radius 1 is 1.06 bits per heavy atom. The summed E-state index contributed by atoms with van der Waals surface area (Å²) >= 11 is 1.50. The molecule has 0 bridgehead atoms. The summed E-state index contributed by atoms with van der Waals surface area (Å²) in [4.78, 5) is 37.8. The van der Waals surface area contributed by atoms with Gasteiger partial charge in [-0.1, -0.05) is 6.07 Å². The number of furan rings is 1. The third kappa shape index (κ3) is 4.53. The van der Waals surface area contributed by atoms with Crippen molar-refractivity contribution in [2.45, 2.75) is 19.5 Å². The molecule has 0 fully saturated rings. The van der Waals surface area contributed by atoms with E-state index < -0.39 is 6.04 Å². The maximum atomic E-state index is 12.6. The van der Waals surface area contributed by atoms with Gasteiger partial charge in [0.05, 0.1) is 17.7 Å². The lowest BCUT2D eigenvalue weighted by molar-refractivity contribution is -0.124. The minimum atomic E-state index is -0.813. The SMILES string of the molecule is CC(C(=O)NCCn1nc(-c2ccco2)ccc1=O)n1nc(-c2cccs2)ccc1=O. The molecule has 0 spiro atoms. The first-order chi connectivity index (χ1) is 15.0. The predicted molar refractivity (Wildman–Crippen MR) is 116 cm³/mol. The molecule has 0 aliphatic heterocycles. The summed E-state index contributed by atoms with van der Waals surface area (Å²) in [5, 5.41) is 13.2. The molecular formula is C21H19N5O4S. The van der Waals surface area contributed by atoms with Crippen LogP contribution in [0.2, 0.25) is 0 Å². The van der Waals surface area contributed by atoms with Gasteiger partial charge in [-0.15, -0.1) is 11.3 Å². The van der Waals surface area contributed by atoms with Crippen molar-refractivity contribution >= 4 is 17.2 Å². The number of hydrogen-bond acceptors (Lipinski definition) is 7. The van der Waals surface area contributed by atoms with E-state index in [-0.39, 0.29) is 30.1 Å². The fraction of sp³-hybridized carbons (Fsp3) is 0.190. The van der Waals surface area contributed by atoms with E-state index in [2.05, 4.69) is 15.5 Å². The quantitative estimate of drug-likeness (QED) is 0.474. The van der Waals surface area contributed by atoms with E-state index in [1.807, 2.05) is 17.5 Å². The van der Waals surface area contributed by atoms with E-state index in [0.29, 0.717) is 17.1 Å². The summed E-state index contributed by atoms with van der Waals surface area (Å²) in [5.41, 5.74) is 0.483. The molecule has 31 heavy (non-hydrogen) atoms. The summed E-state index contributed by atoms with van der Waals surface area (Å²) < 4.78 is 7.71. The van der Waals surface area contributed by atoms with Crippen molar-refractivity contribution < 1.29 is 9.21 Å².